The van der Waals surface area contributed by atoms with Gasteiger partial charge in [0.05, 0.1) is 12.2 Å². The SMILES string of the molecule is CN=C(NCc1csc(N(C)C)n1)N1CCC(N2CC=CC2)C1.I. The summed E-state index contributed by atoms with van der Waals surface area (Å²) in [7, 11) is 5.90. The van der Waals surface area contributed by atoms with Gasteiger partial charge in [-0.05, 0) is 6.42 Å². The van der Waals surface area contributed by atoms with E-state index in [1.165, 1.54) is 6.42 Å². The third kappa shape index (κ3) is 4.60. The molecule has 24 heavy (non-hydrogen) atoms. The van der Waals surface area contributed by atoms with Gasteiger partial charge in [-0.2, -0.15) is 0 Å². The molecule has 0 aliphatic carbocycles. The number of hydrogen-bond donors (Lipinski definition) is 1. The summed E-state index contributed by atoms with van der Waals surface area (Å²) in [6.45, 7) is 5.04. The van der Waals surface area contributed by atoms with E-state index in [1.807, 2.05) is 26.0 Å². The van der Waals surface area contributed by atoms with Gasteiger partial charge in [0.2, 0.25) is 0 Å². The van der Waals surface area contributed by atoms with E-state index in [9.17, 15) is 0 Å². The fraction of sp³-hybridized carbons (Fsp3) is 0.625. The van der Waals surface area contributed by atoms with Crippen LogP contribution < -0.4 is 10.2 Å². The lowest BCUT2D eigenvalue weighted by atomic mass is 10.2. The molecule has 2 aliphatic rings. The van der Waals surface area contributed by atoms with Crippen LogP contribution in [-0.4, -0.2) is 74.1 Å². The second-order valence-corrected chi connectivity index (χ2v) is 7.07. The minimum Gasteiger partial charge on any atom is -0.354 e. The van der Waals surface area contributed by atoms with Crippen LogP contribution in [0.25, 0.3) is 0 Å². The molecular weight excluding hydrogens is 435 g/mol. The van der Waals surface area contributed by atoms with Crippen molar-refractivity contribution in [1.29, 1.82) is 0 Å². The zero-order chi connectivity index (χ0) is 16.2. The molecule has 8 heteroatoms. The van der Waals surface area contributed by atoms with Crippen LogP contribution in [0.1, 0.15) is 12.1 Å². The van der Waals surface area contributed by atoms with Gasteiger partial charge in [-0.25, -0.2) is 4.98 Å². The number of nitrogens with one attached hydrogen (secondary N) is 1. The molecule has 1 fully saturated rings. The molecule has 1 aromatic rings. The number of nitrogens with zero attached hydrogens (tertiary/aromatic N) is 5. The number of likely N-dealkylation sites (tertiary alicyclic amines) is 1. The molecule has 1 unspecified atom stereocenters. The first kappa shape index (κ1) is 19.5. The van der Waals surface area contributed by atoms with Crippen LogP contribution in [0, 0.1) is 0 Å². The highest BCUT2D eigenvalue weighted by Crippen LogP contribution is 2.19. The summed E-state index contributed by atoms with van der Waals surface area (Å²) >= 11 is 1.67. The topological polar surface area (TPSA) is 47.0 Å². The Labute approximate surface area is 165 Å². The van der Waals surface area contributed by atoms with E-state index in [4.69, 9.17) is 0 Å². The number of aromatic nitrogens is 1. The molecule has 0 radical (unpaired) electrons. The maximum Gasteiger partial charge on any atom is 0.194 e. The zero-order valence-electron chi connectivity index (χ0n) is 14.6. The molecule has 3 rings (SSSR count). The first-order valence-electron chi connectivity index (χ1n) is 8.13. The highest BCUT2D eigenvalue weighted by atomic mass is 127. The number of anilines is 1. The molecule has 1 saturated heterocycles. The Kier molecular flexibility index (Phi) is 7.30. The molecule has 1 aromatic heterocycles. The minimum absolute atomic E-state index is 0. The lowest BCUT2D eigenvalue weighted by Crippen LogP contribution is -2.42. The van der Waals surface area contributed by atoms with Crippen molar-refractivity contribution in [2.75, 3.05) is 52.2 Å². The third-order valence-corrected chi connectivity index (χ3v) is 5.44. The van der Waals surface area contributed by atoms with Crippen molar-refractivity contribution in [3.05, 3.63) is 23.2 Å². The molecule has 1 N–H and O–H groups in total. The Hall–Kier alpha value is -0.870. The van der Waals surface area contributed by atoms with Gasteiger partial charge in [0.25, 0.3) is 0 Å². The van der Waals surface area contributed by atoms with E-state index in [2.05, 4.69) is 42.6 Å². The van der Waals surface area contributed by atoms with Crippen molar-refractivity contribution in [3.63, 3.8) is 0 Å². The second-order valence-electron chi connectivity index (χ2n) is 6.23. The normalized spacial score (nSPS) is 21.2. The molecular formula is C16H27IN6S. The summed E-state index contributed by atoms with van der Waals surface area (Å²) in [5.41, 5.74) is 1.07. The summed E-state index contributed by atoms with van der Waals surface area (Å²) < 4.78 is 0. The van der Waals surface area contributed by atoms with Gasteiger partial charge in [0, 0.05) is 58.7 Å². The van der Waals surface area contributed by atoms with E-state index in [1.54, 1.807) is 11.3 Å². The van der Waals surface area contributed by atoms with Crippen molar-refractivity contribution in [3.8, 4) is 0 Å². The van der Waals surface area contributed by atoms with Crippen LogP contribution in [0.4, 0.5) is 5.13 Å². The molecule has 2 aliphatic heterocycles. The van der Waals surface area contributed by atoms with Crippen molar-refractivity contribution in [2.45, 2.75) is 19.0 Å². The molecule has 0 spiro atoms. The Balaban J connectivity index is 0.00000208. The number of halogens is 1. The van der Waals surface area contributed by atoms with Crippen LogP contribution in [-0.2, 0) is 6.54 Å². The van der Waals surface area contributed by atoms with Crippen molar-refractivity contribution in [1.82, 2.24) is 20.1 Å². The average Bonchev–Trinajstić information content (AvgIpc) is 3.29. The maximum absolute atomic E-state index is 4.61. The van der Waals surface area contributed by atoms with Gasteiger partial charge in [0.1, 0.15) is 0 Å². The van der Waals surface area contributed by atoms with Gasteiger partial charge in [-0.3, -0.25) is 9.89 Å². The average molecular weight is 462 g/mol. The molecule has 1 atom stereocenters. The fourth-order valence-electron chi connectivity index (χ4n) is 3.11. The number of rotatable bonds is 4. The lowest BCUT2D eigenvalue weighted by Gasteiger charge is -2.25. The van der Waals surface area contributed by atoms with E-state index in [0.717, 1.165) is 49.5 Å². The van der Waals surface area contributed by atoms with Gasteiger partial charge < -0.3 is 15.1 Å². The molecule has 0 saturated carbocycles. The number of aliphatic imine (C=N–C) groups is 1. The van der Waals surface area contributed by atoms with Crippen LogP contribution in [0.2, 0.25) is 0 Å². The van der Waals surface area contributed by atoms with Gasteiger partial charge >= 0.3 is 0 Å². The number of hydrogen-bond acceptors (Lipinski definition) is 5. The molecule has 134 valence electrons. The van der Waals surface area contributed by atoms with E-state index >= 15 is 0 Å². The summed E-state index contributed by atoms with van der Waals surface area (Å²) in [6.07, 6.45) is 5.74. The number of thiazole rings is 1. The Morgan fingerprint density at radius 3 is 2.79 bits per heavy atom. The zero-order valence-corrected chi connectivity index (χ0v) is 17.8. The maximum atomic E-state index is 4.61. The van der Waals surface area contributed by atoms with Crippen molar-refractivity contribution >= 4 is 46.4 Å². The highest BCUT2D eigenvalue weighted by molar-refractivity contribution is 14.0. The second kappa shape index (κ2) is 9.00. The lowest BCUT2D eigenvalue weighted by molar-refractivity contribution is 0.259. The Morgan fingerprint density at radius 1 is 1.42 bits per heavy atom. The van der Waals surface area contributed by atoms with Crippen LogP contribution in [0.15, 0.2) is 22.5 Å². The molecule has 3 heterocycles. The highest BCUT2D eigenvalue weighted by Gasteiger charge is 2.29. The number of guanidine groups is 1. The van der Waals surface area contributed by atoms with Gasteiger partial charge in [0.15, 0.2) is 11.1 Å². The monoisotopic (exact) mass is 462 g/mol. The van der Waals surface area contributed by atoms with E-state index in [0.29, 0.717) is 6.04 Å². The molecule has 0 bridgehead atoms. The van der Waals surface area contributed by atoms with E-state index < -0.39 is 0 Å². The predicted octanol–water partition coefficient (Wildman–Crippen LogP) is 1.85. The third-order valence-electron chi connectivity index (χ3n) is 4.39. The summed E-state index contributed by atoms with van der Waals surface area (Å²) in [5, 5.41) is 6.61. The van der Waals surface area contributed by atoms with Crippen molar-refractivity contribution in [2.24, 2.45) is 4.99 Å². The van der Waals surface area contributed by atoms with Crippen LogP contribution >= 0.6 is 35.3 Å². The molecule has 6 nitrogen and oxygen atoms in total. The smallest absolute Gasteiger partial charge is 0.194 e. The summed E-state index contributed by atoms with van der Waals surface area (Å²) in [6, 6.07) is 0.642. The Bertz CT molecular complexity index is 577. The molecule has 0 aromatic carbocycles. The standard InChI is InChI=1S/C16H26N6S.HI/c1-17-15(18-10-13-12-23-16(19-13)20(2)3)22-9-6-14(11-22)21-7-4-5-8-21;/h4-5,12,14H,6-11H2,1-3H3,(H,17,18);1H. The predicted molar refractivity (Wildman–Crippen MR) is 113 cm³/mol. The summed E-state index contributed by atoms with van der Waals surface area (Å²) in [4.78, 5) is 16.0. The molecule has 0 amide bonds. The van der Waals surface area contributed by atoms with Gasteiger partial charge in [-0.1, -0.05) is 12.2 Å². The van der Waals surface area contributed by atoms with Gasteiger partial charge in [-0.15, -0.1) is 35.3 Å². The fourth-order valence-corrected chi connectivity index (χ4v) is 3.87. The van der Waals surface area contributed by atoms with Crippen LogP contribution in [0.3, 0.4) is 0 Å². The Morgan fingerprint density at radius 2 is 2.17 bits per heavy atom. The first-order valence-corrected chi connectivity index (χ1v) is 9.01. The van der Waals surface area contributed by atoms with Crippen molar-refractivity contribution < 1.29 is 0 Å². The summed E-state index contributed by atoms with van der Waals surface area (Å²) in [5.74, 6) is 0.985. The minimum atomic E-state index is 0. The quantitative estimate of drug-likeness (QED) is 0.321. The largest absolute Gasteiger partial charge is 0.354 e. The first-order chi connectivity index (χ1) is 11.2. The van der Waals surface area contributed by atoms with E-state index in [-0.39, 0.29) is 24.0 Å². The van der Waals surface area contributed by atoms with Crippen LogP contribution in [0.5, 0.6) is 0 Å².